The molecule has 5 nitrogen and oxygen atoms in total. The van der Waals surface area contributed by atoms with Gasteiger partial charge < -0.3 is 9.47 Å². The molecule has 1 aromatic heterocycles. The number of fused-ring (bicyclic) bond motifs is 1. The molecule has 0 radical (unpaired) electrons. The van der Waals surface area contributed by atoms with Gasteiger partial charge in [0.15, 0.2) is 0 Å². The van der Waals surface area contributed by atoms with E-state index in [9.17, 15) is 4.79 Å². The van der Waals surface area contributed by atoms with Crippen molar-refractivity contribution in [3.05, 3.63) is 69.0 Å². The number of carbonyl (C=O) groups excluding carboxylic acids is 1. The molecule has 0 aliphatic rings. The fraction of sp³-hybridized carbons (Fsp3) is 0.100. The maximum Gasteiger partial charge on any atom is 0.283 e. The summed E-state index contributed by atoms with van der Waals surface area (Å²) >= 11 is 11.1. The maximum atomic E-state index is 12.5. The molecule has 1 N–H and O–H groups in total. The zero-order valence-corrected chi connectivity index (χ0v) is 18.0. The van der Waals surface area contributed by atoms with Crippen LogP contribution >= 0.6 is 38.9 Å². The molecule has 1 heterocycles. The summed E-state index contributed by atoms with van der Waals surface area (Å²) in [6, 6.07) is 11.0. The Labute approximate surface area is 179 Å². The van der Waals surface area contributed by atoms with Crippen LogP contribution < -0.4 is 14.9 Å². The molecule has 0 unspecified atom stereocenters. The summed E-state index contributed by atoms with van der Waals surface area (Å²) in [5.74, 6) is 0.954. The van der Waals surface area contributed by atoms with Crippen LogP contribution in [-0.2, 0) is 0 Å². The number of carbonyl (C=O) groups is 1. The second-order valence-corrected chi connectivity index (χ2v) is 7.93. The van der Waals surface area contributed by atoms with Crippen LogP contribution in [-0.4, -0.2) is 25.8 Å². The number of rotatable bonds is 7. The molecule has 0 aliphatic heterocycles. The molecule has 0 saturated carbocycles. The number of halogens is 2. The Bertz CT molecular complexity index is 1070. The second-order valence-electron chi connectivity index (χ2n) is 5.59. The molecule has 0 fully saturated rings. The fourth-order valence-electron chi connectivity index (χ4n) is 2.43. The monoisotopic (exact) mass is 478 g/mol. The van der Waals surface area contributed by atoms with Gasteiger partial charge in [0.1, 0.15) is 23.0 Å². The van der Waals surface area contributed by atoms with Crippen LogP contribution in [0.3, 0.4) is 0 Å². The lowest BCUT2D eigenvalue weighted by molar-refractivity contribution is 0.0959. The summed E-state index contributed by atoms with van der Waals surface area (Å²) in [6.07, 6.45) is 3.18. The molecular formula is C20H16BrClN2O3S. The highest BCUT2D eigenvalue weighted by atomic mass is 79.9. The first-order valence-electron chi connectivity index (χ1n) is 8.16. The summed E-state index contributed by atoms with van der Waals surface area (Å²) in [7, 11) is 1.59. The first kappa shape index (κ1) is 20.4. The molecular weight excluding hydrogens is 464 g/mol. The van der Waals surface area contributed by atoms with Gasteiger partial charge in [-0.15, -0.1) is 11.3 Å². The summed E-state index contributed by atoms with van der Waals surface area (Å²) < 4.78 is 12.5. The Morgan fingerprint density at radius 3 is 2.93 bits per heavy atom. The molecule has 1 amide bonds. The molecule has 2 aromatic carbocycles. The summed E-state index contributed by atoms with van der Waals surface area (Å²) in [6.45, 7) is 4.01. The number of ether oxygens (including phenoxy) is 2. The molecule has 144 valence electrons. The van der Waals surface area contributed by atoms with E-state index in [-0.39, 0.29) is 5.91 Å². The normalized spacial score (nSPS) is 11.0. The van der Waals surface area contributed by atoms with Crippen LogP contribution in [0.2, 0.25) is 5.02 Å². The maximum absolute atomic E-state index is 12.5. The molecule has 0 bridgehead atoms. The van der Waals surface area contributed by atoms with Gasteiger partial charge in [0.25, 0.3) is 5.91 Å². The SMILES string of the molecule is C=CCOc1ccc(Br)cc1/C=N\NC(=O)c1sc2cc(OC)ccc2c1Cl. The van der Waals surface area contributed by atoms with Crippen LogP contribution in [0.5, 0.6) is 11.5 Å². The molecule has 0 saturated heterocycles. The molecule has 3 aromatic rings. The van der Waals surface area contributed by atoms with Crippen molar-refractivity contribution in [1.29, 1.82) is 0 Å². The van der Waals surface area contributed by atoms with E-state index in [1.54, 1.807) is 19.3 Å². The van der Waals surface area contributed by atoms with Gasteiger partial charge in [-0.05, 0) is 36.4 Å². The van der Waals surface area contributed by atoms with Gasteiger partial charge in [0.05, 0.1) is 18.3 Å². The number of hydrazone groups is 1. The van der Waals surface area contributed by atoms with Crippen molar-refractivity contribution in [1.82, 2.24) is 5.43 Å². The summed E-state index contributed by atoms with van der Waals surface area (Å²) in [5, 5.41) is 5.24. The number of amides is 1. The molecule has 3 rings (SSSR count). The van der Waals surface area contributed by atoms with Gasteiger partial charge in [0.2, 0.25) is 0 Å². The Kier molecular flexibility index (Phi) is 6.72. The zero-order valence-electron chi connectivity index (χ0n) is 14.9. The Morgan fingerprint density at radius 1 is 1.36 bits per heavy atom. The quantitative estimate of drug-likeness (QED) is 0.270. The van der Waals surface area contributed by atoms with Crippen molar-refractivity contribution in [2.45, 2.75) is 0 Å². The number of nitrogens with one attached hydrogen (secondary N) is 1. The Balaban J connectivity index is 1.79. The minimum atomic E-state index is -0.384. The molecule has 0 spiro atoms. The van der Waals surface area contributed by atoms with Crippen LogP contribution in [0.15, 0.2) is 58.6 Å². The second kappa shape index (κ2) is 9.23. The van der Waals surface area contributed by atoms with Crippen molar-refractivity contribution < 1.29 is 14.3 Å². The van der Waals surface area contributed by atoms with E-state index in [0.29, 0.717) is 33.6 Å². The number of hydrogen-bond acceptors (Lipinski definition) is 5. The van der Waals surface area contributed by atoms with Gasteiger partial charge in [-0.2, -0.15) is 5.10 Å². The fourth-order valence-corrected chi connectivity index (χ4v) is 4.24. The third-order valence-electron chi connectivity index (χ3n) is 3.74. The zero-order chi connectivity index (χ0) is 20.1. The first-order chi connectivity index (χ1) is 13.5. The highest BCUT2D eigenvalue weighted by Gasteiger charge is 2.17. The number of methoxy groups -OCH3 is 1. The Hall–Kier alpha value is -2.35. The molecule has 0 atom stereocenters. The van der Waals surface area contributed by atoms with E-state index >= 15 is 0 Å². The van der Waals surface area contributed by atoms with E-state index in [1.807, 2.05) is 30.3 Å². The van der Waals surface area contributed by atoms with E-state index in [1.165, 1.54) is 17.6 Å². The average molecular weight is 480 g/mol. The smallest absolute Gasteiger partial charge is 0.283 e. The lowest BCUT2D eigenvalue weighted by atomic mass is 10.2. The van der Waals surface area contributed by atoms with Gasteiger partial charge in [-0.25, -0.2) is 5.43 Å². The molecule has 0 aliphatic carbocycles. The third kappa shape index (κ3) is 4.55. The molecule has 28 heavy (non-hydrogen) atoms. The number of benzene rings is 2. The van der Waals surface area contributed by atoms with Crippen LogP contribution in [0.4, 0.5) is 0 Å². The Morgan fingerprint density at radius 2 is 2.18 bits per heavy atom. The minimum Gasteiger partial charge on any atom is -0.497 e. The number of hydrogen-bond donors (Lipinski definition) is 1. The van der Waals surface area contributed by atoms with Crippen molar-refractivity contribution in [2.24, 2.45) is 5.10 Å². The molecule has 8 heteroatoms. The van der Waals surface area contributed by atoms with Gasteiger partial charge in [-0.3, -0.25) is 4.79 Å². The van der Waals surface area contributed by atoms with Crippen molar-refractivity contribution in [3.8, 4) is 11.5 Å². The van der Waals surface area contributed by atoms with Gasteiger partial charge in [-0.1, -0.05) is 40.2 Å². The number of nitrogens with zero attached hydrogens (tertiary/aromatic N) is 1. The first-order valence-corrected chi connectivity index (χ1v) is 10.1. The van der Waals surface area contributed by atoms with Gasteiger partial charge >= 0.3 is 0 Å². The largest absolute Gasteiger partial charge is 0.497 e. The third-order valence-corrected chi connectivity index (χ3v) is 5.89. The lowest BCUT2D eigenvalue weighted by Gasteiger charge is -2.07. The standard InChI is InChI=1S/C20H16BrClN2O3S/c1-3-8-27-16-7-4-13(21)9-12(16)11-23-24-20(25)19-18(22)15-6-5-14(26-2)10-17(15)28-19/h3-7,9-11H,1,8H2,2H3,(H,24,25)/b23-11-. The van der Waals surface area contributed by atoms with Crippen LogP contribution in [0, 0.1) is 0 Å². The van der Waals surface area contributed by atoms with Crippen molar-refractivity contribution >= 4 is 61.1 Å². The van der Waals surface area contributed by atoms with Crippen LogP contribution in [0.1, 0.15) is 15.2 Å². The topological polar surface area (TPSA) is 59.9 Å². The van der Waals surface area contributed by atoms with E-state index in [4.69, 9.17) is 21.1 Å². The van der Waals surface area contributed by atoms with Crippen LogP contribution in [0.25, 0.3) is 10.1 Å². The lowest BCUT2D eigenvalue weighted by Crippen LogP contribution is -2.16. The predicted octanol–water partition coefficient (Wildman–Crippen LogP) is 5.65. The minimum absolute atomic E-state index is 0.371. The van der Waals surface area contributed by atoms with Crippen molar-refractivity contribution in [2.75, 3.05) is 13.7 Å². The van der Waals surface area contributed by atoms with E-state index < -0.39 is 0 Å². The summed E-state index contributed by atoms with van der Waals surface area (Å²) in [5.41, 5.74) is 3.23. The highest BCUT2D eigenvalue weighted by Crippen LogP contribution is 2.37. The average Bonchev–Trinajstić information content (AvgIpc) is 3.03. The highest BCUT2D eigenvalue weighted by molar-refractivity contribution is 9.10. The number of thiophene rings is 1. The predicted molar refractivity (Wildman–Crippen MR) is 118 cm³/mol. The van der Waals surface area contributed by atoms with E-state index in [2.05, 4.69) is 33.0 Å². The summed E-state index contributed by atoms with van der Waals surface area (Å²) in [4.78, 5) is 12.9. The van der Waals surface area contributed by atoms with Gasteiger partial charge in [0, 0.05) is 20.1 Å². The van der Waals surface area contributed by atoms with Crippen molar-refractivity contribution in [3.63, 3.8) is 0 Å². The van der Waals surface area contributed by atoms with E-state index in [0.717, 1.165) is 14.6 Å².